The maximum Gasteiger partial charge on any atom is 0.244 e. The average Bonchev–Trinajstić information content (AvgIpc) is 2.03. The topological polar surface area (TPSA) is 55.1 Å². The first-order chi connectivity index (χ1) is 5.68. The minimum Gasteiger partial charge on any atom is -0.366 e. The summed E-state index contributed by atoms with van der Waals surface area (Å²) < 4.78 is 0. The van der Waals surface area contributed by atoms with Gasteiger partial charge in [0.2, 0.25) is 5.91 Å². The highest BCUT2D eigenvalue weighted by Crippen LogP contribution is 1.99. The van der Waals surface area contributed by atoms with Crippen LogP contribution < -0.4 is 11.1 Å². The molecule has 0 radical (unpaired) electrons. The lowest BCUT2D eigenvalue weighted by Gasteiger charge is -2.02. The van der Waals surface area contributed by atoms with Crippen LogP contribution in [-0.4, -0.2) is 19.0 Å². The SMILES string of the molecule is C=C(CCCNCCC)C(N)=O. The molecule has 0 heterocycles. The van der Waals surface area contributed by atoms with E-state index in [-0.39, 0.29) is 5.91 Å². The van der Waals surface area contributed by atoms with Crippen molar-refractivity contribution in [3.8, 4) is 0 Å². The van der Waals surface area contributed by atoms with Crippen molar-refractivity contribution in [1.29, 1.82) is 0 Å². The largest absolute Gasteiger partial charge is 0.366 e. The van der Waals surface area contributed by atoms with Crippen LogP contribution in [0.25, 0.3) is 0 Å². The second-order valence-corrected chi connectivity index (χ2v) is 2.82. The molecule has 1 amide bonds. The third kappa shape index (κ3) is 5.92. The molecule has 0 unspecified atom stereocenters. The first kappa shape index (κ1) is 11.2. The lowest BCUT2D eigenvalue weighted by atomic mass is 10.1. The van der Waals surface area contributed by atoms with Crippen LogP contribution in [0.5, 0.6) is 0 Å². The molecule has 0 aromatic carbocycles. The van der Waals surface area contributed by atoms with Gasteiger partial charge in [-0.05, 0) is 32.4 Å². The Morgan fingerprint density at radius 2 is 2.17 bits per heavy atom. The number of carbonyl (C=O) groups is 1. The van der Waals surface area contributed by atoms with Crippen LogP contribution in [0.3, 0.4) is 0 Å². The number of primary amides is 1. The summed E-state index contributed by atoms with van der Waals surface area (Å²) in [5.74, 6) is -0.384. The number of rotatable bonds is 7. The van der Waals surface area contributed by atoms with Crippen LogP contribution in [0, 0.1) is 0 Å². The zero-order chi connectivity index (χ0) is 9.40. The van der Waals surface area contributed by atoms with Crippen molar-refractivity contribution >= 4 is 5.91 Å². The zero-order valence-electron chi connectivity index (χ0n) is 7.73. The standard InChI is InChI=1S/C9H18N2O/c1-3-6-11-7-4-5-8(2)9(10)12/h11H,2-7H2,1H3,(H2,10,12). The number of nitrogens with one attached hydrogen (secondary N) is 1. The molecule has 0 saturated heterocycles. The van der Waals surface area contributed by atoms with Crippen molar-refractivity contribution in [2.24, 2.45) is 5.73 Å². The molecule has 0 atom stereocenters. The van der Waals surface area contributed by atoms with Crippen molar-refractivity contribution in [3.63, 3.8) is 0 Å². The monoisotopic (exact) mass is 170 g/mol. The van der Waals surface area contributed by atoms with Crippen LogP contribution in [0.1, 0.15) is 26.2 Å². The molecule has 0 saturated carbocycles. The average molecular weight is 170 g/mol. The Morgan fingerprint density at radius 1 is 1.50 bits per heavy atom. The van der Waals surface area contributed by atoms with Crippen LogP contribution in [0.15, 0.2) is 12.2 Å². The van der Waals surface area contributed by atoms with E-state index in [1.807, 2.05) is 0 Å². The molecule has 3 heteroatoms. The molecule has 0 aliphatic carbocycles. The van der Waals surface area contributed by atoms with Crippen LogP contribution in [-0.2, 0) is 4.79 Å². The summed E-state index contributed by atoms with van der Waals surface area (Å²) in [6.07, 6.45) is 2.77. The Hall–Kier alpha value is -0.830. The molecule has 0 fully saturated rings. The van der Waals surface area contributed by atoms with Gasteiger partial charge in [0.25, 0.3) is 0 Å². The van der Waals surface area contributed by atoms with Gasteiger partial charge in [0.15, 0.2) is 0 Å². The molecule has 0 aromatic heterocycles. The zero-order valence-corrected chi connectivity index (χ0v) is 7.73. The smallest absolute Gasteiger partial charge is 0.244 e. The summed E-state index contributed by atoms with van der Waals surface area (Å²) in [5, 5.41) is 3.24. The lowest BCUT2D eigenvalue weighted by Crippen LogP contribution is -2.18. The molecule has 0 aliphatic rings. The molecule has 3 nitrogen and oxygen atoms in total. The van der Waals surface area contributed by atoms with Gasteiger partial charge in [-0.25, -0.2) is 0 Å². The molecule has 0 aliphatic heterocycles. The number of hydrogen-bond acceptors (Lipinski definition) is 2. The second-order valence-electron chi connectivity index (χ2n) is 2.82. The van der Waals surface area contributed by atoms with Gasteiger partial charge in [-0.1, -0.05) is 13.5 Å². The van der Waals surface area contributed by atoms with E-state index in [9.17, 15) is 4.79 Å². The molecule has 12 heavy (non-hydrogen) atoms. The Balaban J connectivity index is 3.20. The molecule has 0 spiro atoms. The molecule has 0 rings (SSSR count). The van der Waals surface area contributed by atoms with Gasteiger partial charge in [0.1, 0.15) is 0 Å². The molecule has 70 valence electrons. The van der Waals surface area contributed by atoms with Crippen LogP contribution in [0.2, 0.25) is 0 Å². The predicted octanol–water partition coefficient (Wildman–Crippen LogP) is 0.808. The number of carbonyl (C=O) groups excluding carboxylic acids is 1. The molecular formula is C9H18N2O. The Bertz CT molecular complexity index is 155. The lowest BCUT2D eigenvalue weighted by molar-refractivity contribution is -0.114. The molecule has 0 aromatic rings. The predicted molar refractivity (Wildman–Crippen MR) is 50.7 cm³/mol. The van der Waals surface area contributed by atoms with Gasteiger partial charge in [0, 0.05) is 5.57 Å². The highest BCUT2D eigenvalue weighted by atomic mass is 16.1. The Kier molecular flexibility index (Phi) is 6.38. The second kappa shape index (κ2) is 6.85. The highest BCUT2D eigenvalue weighted by molar-refractivity contribution is 5.91. The van der Waals surface area contributed by atoms with Crippen LogP contribution in [0.4, 0.5) is 0 Å². The third-order valence-electron chi connectivity index (χ3n) is 1.61. The van der Waals surface area contributed by atoms with E-state index in [2.05, 4.69) is 18.8 Å². The van der Waals surface area contributed by atoms with E-state index in [0.29, 0.717) is 12.0 Å². The Labute approximate surface area is 74.0 Å². The van der Waals surface area contributed by atoms with E-state index in [0.717, 1.165) is 25.9 Å². The van der Waals surface area contributed by atoms with E-state index in [1.54, 1.807) is 0 Å². The summed E-state index contributed by atoms with van der Waals surface area (Å²) in [6, 6.07) is 0. The highest BCUT2D eigenvalue weighted by Gasteiger charge is 1.99. The van der Waals surface area contributed by atoms with Crippen LogP contribution >= 0.6 is 0 Å². The fourth-order valence-electron chi connectivity index (χ4n) is 0.852. The van der Waals surface area contributed by atoms with Crippen molar-refractivity contribution in [1.82, 2.24) is 5.32 Å². The van der Waals surface area contributed by atoms with E-state index in [4.69, 9.17) is 5.73 Å². The molecular weight excluding hydrogens is 152 g/mol. The summed E-state index contributed by atoms with van der Waals surface area (Å²) in [5.41, 5.74) is 5.54. The number of amides is 1. The van der Waals surface area contributed by atoms with Crippen molar-refractivity contribution < 1.29 is 4.79 Å². The first-order valence-electron chi connectivity index (χ1n) is 4.36. The first-order valence-corrected chi connectivity index (χ1v) is 4.36. The van der Waals surface area contributed by atoms with Gasteiger partial charge >= 0.3 is 0 Å². The summed E-state index contributed by atoms with van der Waals surface area (Å²) >= 11 is 0. The van der Waals surface area contributed by atoms with Gasteiger partial charge in [-0.3, -0.25) is 4.79 Å². The van der Waals surface area contributed by atoms with E-state index in [1.165, 1.54) is 0 Å². The van der Waals surface area contributed by atoms with Gasteiger partial charge in [-0.2, -0.15) is 0 Å². The minimum absolute atomic E-state index is 0.384. The maximum atomic E-state index is 10.5. The summed E-state index contributed by atoms with van der Waals surface area (Å²) in [6.45, 7) is 7.65. The minimum atomic E-state index is -0.384. The van der Waals surface area contributed by atoms with Gasteiger partial charge in [-0.15, -0.1) is 0 Å². The summed E-state index contributed by atoms with van der Waals surface area (Å²) in [4.78, 5) is 10.5. The van der Waals surface area contributed by atoms with Crippen molar-refractivity contribution in [2.45, 2.75) is 26.2 Å². The fourth-order valence-corrected chi connectivity index (χ4v) is 0.852. The summed E-state index contributed by atoms with van der Waals surface area (Å²) in [7, 11) is 0. The van der Waals surface area contributed by atoms with E-state index < -0.39 is 0 Å². The third-order valence-corrected chi connectivity index (χ3v) is 1.61. The maximum absolute atomic E-state index is 10.5. The van der Waals surface area contributed by atoms with Gasteiger partial charge in [0.05, 0.1) is 0 Å². The molecule has 0 bridgehead atoms. The number of nitrogens with two attached hydrogens (primary N) is 1. The number of hydrogen-bond donors (Lipinski definition) is 2. The normalized spacial score (nSPS) is 9.75. The van der Waals surface area contributed by atoms with Crippen molar-refractivity contribution in [3.05, 3.63) is 12.2 Å². The van der Waals surface area contributed by atoms with Gasteiger partial charge < -0.3 is 11.1 Å². The Morgan fingerprint density at radius 3 is 2.67 bits per heavy atom. The fraction of sp³-hybridized carbons (Fsp3) is 0.667. The quantitative estimate of drug-likeness (QED) is 0.439. The van der Waals surface area contributed by atoms with Crippen molar-refractivity contribution in [2.75, 3.05) is 13.1 Å². The van der Waals surface area contributed by atoms with E-state index >= 15 is 0 Å². The molecule has 3 N–H and O–H groups in total.